The van der Waals surface area contributed by atoms with E-state index in [1.54, 1.807) is 20.8 Å². The summed E-state index contributed by atoms with van der Waals surface area (Å²) in [5, 5.41) is 12.0. The number of rotatable bonds is 6. The van der Waals surface area contributed by atoms with Gasteiger partial charge in [0.05, 0.1) is 6.54 Å². The minimum absolute atomic E-state index is 0.0546. The standard InChI is InChI=1S/C14H25NO4/c1-14(2,3)19-12(16)9-15-11(13(17)18)8-10-6-4-5-7-10/h10-11,15H,4-9H2,1-3H3,(H,17,18)/t11-/m0/s1. The van der Waals surface area contributed by atoms with Gasteiger partial charge in [-0.25, -0.2) is 0 Å². The molecule has 1 saturated carbocycles. The fourth-order valence-electron chi connectivity index (χ4n) is 2.43. The number of nitrogens with one attached hydrogen (secondary N) is 1. The summed E-state index contributed by atoms with van der Waals surface area (Å²) < 4.78 is 5.14. The number of carboxylic acids is 1. The Morgan fingerprint density at radius 2 is 1.89 bits per heavy atom. The van der Waals surface area contributed by atoms with Crippen molar-refractivity contribution in [2.24, 2.45) is 5.92 Å². The zero-order valence-electron chi connectivity index (χ0n) is 12.1. The molecule has 110 valence electrons. The normalized spacial score (nSPS) is 18.3. The lowest BCUT2D eigenvalue weighted by atomic mass is 9.98. The van der Waals surface area contributed by atoms with Crippen LogP contribution < -0.4 is 5.32 Å². The van der Waals surface area contributed by atoms with Crippen LogP contribution in [0.5, 0.6) is 0 Å². The molecule has 1 atom stereocenters. The number of carboxylic acid groups (broad SMARTS) is 1. The number of hydrogen-bond acceptors (Lipinski definition) is 4. The number of carbonyl (C=O) groups excluding carboxylic acids is 1. The predicted molar refractivity (Wildman–Crippen MR) is 71.8 cm³/mol. The van der Waals surface area contributed by atoms with Crippen LogP contribution >= 0.6 is 0 Å². The maximum Gasteiger partial charge on any atom is 0.320 e. The first-order chi connectivity index (χ1) is 8.78. The van der Waals surface area contributed by atoms with Crippen molar-refractivity contribution in [3.8, 4) is 0 Å². The summed E-state index contributed by atoms with van der Waals surface area (Å²) in [6, 6.07) is -0.657. The summed E-state index contributed by atoms with van der Waals surface area (Å²) in [5.41, 5.74) is -0.539. The van der Waals surface area contributed by atoms with Gasteiger partial charge in [-0.3, -0.25) is 14.9 Å². The lowest BCUT2D eigenvalue weighted by molar-refractivity contribution is -0.154. The van der Waals surface area contributed by atoms with Gasteiger partial charge in [-0.2, -0.15) is 0 Å². The predicted octanol–water partition coefficient (Wildman–Crippen LogP) is 1.95. The smallest absolute Gasteiger partial charge is 0.320 e. The highest BCUT2D eigenvalue weighted by Gasteiger charge is 2.25. The molecule has 1 aliphatic rings. The third kappa shape index (κ3) is 6.57. The van der Waals surface area contributed by atoms with Crippen molar-refractivity contribution in [2.45, 2.75) is 64.5 Å². The molecule has 0 amide bonds. The Hall–Kier alpha value is -1.10. The van der Waals surface area contributed by atoms with E-state index in [0.717, 1.165) is 12.8 Å². The first kappa shape index (κ1) is 16.0. The van der Waals surface area contributed by atoms with E-state index in [0.29, 0.717) is 12.3 Å². The minimum atomic E-state index is -0.893. The minimum Gasteiger partial charge on any atom is -0.480 e. The molecule has 0 spiro atoms. The van der Waals surface area contributed by atoms with Gasteiger partial charge in [-0.15, -0.1) is 0 Å². The molecular weight excluding hydrogens is 246 g/mol. The van der Waals surface area contributed by atoms with Crippen molar-refractivity contribution in [1.82, 2.24) is 5.32 Å². The van der Waals surface area contributed by atoms with Gasteiger partial charge in [0, 0.05) is 0 Å². The van der Waals surface area contributed by atoms with Crippen molar-refractivity contribution in [2.75, 3.05) is 6.54 Å². The van der Waals surface area contributed by atoms with Crippen LogP contribution in [0.1, 0.15) is 52.9 Å². The molecule has 1 rings (SSSR count). The third-order valence-corrected chi connectivity index (χ3v) is 3.25. The Labute approximate surface area is 114 Å². The Kier molecular flexibility index (Phi) is 5.79. The van der Waals surface area contributed by atoms with Crippen LogP contribution in [0.4, 0.5) is 0 Å². The molecule has 0 aromatic carbocycles. The molecule has 0 aliphatic heterocycles. The van der Waals surface area contributed by atoms with Gasteiger partial charge in [0.25, 0.3) is 0 Å². The largest absolute Gasteiger partial charge is 0.480 e. The molecule has 0 unspecified atom stereocenters. The lowest BCUT2D eigenvalue weighted by Crippen LogP contribution is -2.42. The molecule has 19 heavy (non-hydrogen) atoms. The quantitative estimate of drug-likeness (QED) is 0.722. The van der Waals surface area contributed by atoms with E-state index in [1.165, 1.54) is 12.8 Å². The first-order valence-electron chi connectivity index (χ1n) is 6.96. The second-order valence-corrected chi connectivity index (χ2v) is 6.24. The summed E-state index contributed by atoms with van der Waals surface area (Å²) in [6.07, 6.45) is 5.15. The molecule has 0 bridgehead atoms. The number of carbonyl (C=O) groups is 2. The Morgan fingerprint density at radius 1 is 1.32 bits per heavy atom. The molecule has 0 heterocycles. The van der Waals surface area contributed by atoms with E-state index in [1.807, 2.05) is 0 Å². The molecule has 1 aliphatic carbocycles. The zero-order chi connectivity index (χ0) is 14.5. The lowest BCUT2D eigenvalue weighted by Gasteiger charge is -2.21. The van der Waals surface area contributed by atoms with Crippen LogP contribution in [0.3, 0.4) is 0 Å². The summed E-state index contributed by atoms with van der Waals surface area (Å²) in [7, 11) is 0. The monoisotopic (exact) mass is 271 g/mol. The maximum atomic E-state index is 11.5. The second kappa shape index (κ2) is 6.89. The van der Waals surface area contributed by atoms with Crippen molar-refractivity contribution in [3.05, 3.63) is 0 Å². The van der Waals surface area contributed by atoms with Crippen molar-refractivity contribution in [3.63, 3.8) is 0 Å². The van der Waals surface area contributed by atoms with E-state index in [4.69, 9.17) is 9.84 Å². The van der Waals surface area contributed by atoms with Gasteiger partial charge < -0.3 is 9.84 Å². The van der Waals surface area contributed by atoms with E-state index in [9.17, 15) is 9.59 Å². The van der Waals surface area contributed by atoms with Gasteiger partial charge in [-0.05, 0) is 33.1 Å². The summed E-state index contributed by atoms with van der Waals surface area (Å²) in [5.74, 6) is -0.840. The van der Waals surface area contributed by atoms with Crippen LogP contribution in [0, 0.1) is 5.92 Å². The van der Waals surface area contributed by atoms with Gasteiger partial charge in [0.2, 0.25) is 0 Å². The fraction of sp³-hybridized carbons (Fsp3) is 0.857. The highest BCUT2D eigenvalue weighted by molar-refractivity contribution is 5.76. The number of aliphatic carboxylic acids is 1. The fourth-order valence-corrected chi connectivity index (χ4v) is 2.43. The topological polar surface area (TPSA) is 75.6 Å². The molecular formula is C14H25NO4. The Balaban J connectivity index is 2.37. The summed E-state index contributed by atoms with van der Waals surface area (Å²) in [4.78, 5) is 22.7. The van der Waals surface area contributed by atoms with Crippen molar-refractivity contribution >= 4 is 11.9 Å². The number of hydrogen-bond donors (Lipinski definition) is 2. The van der Waals surface area contributed by atoms with Crippen LogP contribution in [0.2, 0.25) is 0 Å². The Bertz CT molecular complexity index is 316. The number of ether oxygens (including phenoxy) is 1. The van der Waals surface area contributed by atoms with E-state index in [-0.39, 0.29) is 6.54 Å². The highest BCUT2D eigenvalue weighted by Crippen LogP contribution is 2.28. The average Bonchev–Trinajstić information content (AvgIpc) is 2.73. The molecule has 0 radical (unpaired) electrons. The van der Waals surface area contributed by atoms with Gasteiger partial charge >= 0.3 is 11.9 Å². The van der Waals surface area contributed by atoms with Gasteiger partial charge in [0.1, 0.15) is 11.6 Å². The van der Waals surface area contributed by atoms with Crippen LogP contribution in [-0.4, -0.2) is 35.2 Å². The third-order valence-electron chi connectivity index (χ3n) is 3.25. The average molecular weight is 271 g/mol. The van der Waals surface area contributed by atoms with Gasteiger partial charge in [0.15, 0.2) is 0 Å². The Morgan fingerprint density at radius 3 is 2.37 bits per heavy atom. The summed E-state index contributed by atoms with van der Waals surface area (Å²) in [6.45, 7) is 5.31. The van der Waals surface area contributed by atoms with Crippen molar-refractivity contribution < 1.29 is 19.4 Å². The van der Waals surface area contributed by atoms with Gasteiger partial charge in [-0.1, -0.05) is 25.7 Å². The molecule has 0 aromatic rings. The van der Waals surface area contributed by atoms with Crippen LogP contribution in [-0.2, 0) is 14.3 Å². The molecule has 5 nitrogen and oxygen atoms in total. The number of esters is 1. The van der Waals surface area contributed by atoms with Crippen LogP contribution in [0.15, 0.2) is 0 Å². The first-order valence-corrected chi connectivity index (χ1v) is 6.96. The maximum absolute atomic E-state index is 11.5. The van der Waals surface area contributed by atoms with E-state index >= 15 is 0 Å². The van der Waals surface area contributed by atoms with Crippen LogP contribution in [0.25, 0.3) is 0 Å². The molecule has 2 N–H and O–H groups in total. The molecule has 5 heteroatoms. The van der Waals surface area contributed by atoms with E-state index < -0.39 is 23.6 Å². The highest BCUT2D eigenvalue weighted by atomic mass is 16.6. The molecule has 0 aromatic heterocycles. The van der Waals surface area contributed by atoms with E-state index in [2.05, 4.69) is 5.32 Å². The van der Waals surface area contributed by atoms with Crippen molar-refractivity contribution in [1.29, 1.82) is 0 Å². The zero-order valence-corrected chi connectivity index (χ0v) is 12.1. The second-order valence-electron chi connectivity index (χ2n) is 6.24. The SMILES string of the molecule is CC(C)(C)OC(=O)CN[C@@H](CC1CCCC1)C(=O)O. The molecule has 0 saturated heterocycles. The summed E-state index contributed by atoms with van der Waals surface area (Å²) >= 11 is 0. The molecule has 1 fully saturated rings.